The van der Waals surface area contributed by atoms with Crippen LogP contribution in [0, 0.1) is 6.92 Å². The molecule has 7 heteroatoms. The van der Waals surface area contributed by atoms with E-state index in [1.807, 2.05) is 0 Å². The van der Waals surface area contributed by atoms with Crippen molar-refractivity contribution in [2.24, 2.45) is 7.05 Å². The van der Waals surface area contributed by atoms with Gasteiger partial charge < -0.3 is 9.80 Å². The number of hydrogen-bond donors (Lipinski definition) is 0. The number of aryl methyl sites for hydroxylation is 2. The Labute approximate surface area is 116 Å². The summed E-state index contributed by atoms with van der Waals surface area (Å²) in [5.74, 6) is -0.0681. The number of rotatable bonds is 1. The minimum Gasteiger partial charge on any atom is -0.339 e. The van der Waals surface area contributed by atoms with Gasteiger partial charge in [0.1, 0.15) is 5.15 Å². The van der Waals surface area contributed by atoms with Crippen LogP contribution >= 0.6 is 11.6 Å². The molecule has 1 saturated heterocycles. The van der Waals surface area contributed by atoms with Gasteiger partial charge in [0.25, 0.3) is 5.91 Å². The molecule has 0 radical (unpaired) electrons. The minimum atomic E-state index is -0.112. The van der Waals surface area contributed by atoms with Crippen molar-refractivity contribution < 1.29 is 9.59 Å². The van der Waals surface area contributed by atoms with E-state index in [0.29, 0.717) is 42.6 Å². The van der Waals surface area contributed by atoms with E-state index in [9.17, 15) is 9.59 Å². The van der Waals surface area contributed by atoms with Crippen molar-refractivity contribution in [1.82, 2.24) is 19.6 Å². The van der Waals surface area contributed by atoms with Gasteiger partial charge in [0, 0.05) is 40.2 Å². The highest BCUT2D eigenvalue weighted by molar-refractivity contribution is 6.33. The molecule has 2 rings (SSSR count). The van der Waals surface area contributed by atoms with Crippen LogP contribution in [0.2, 0.25) is 5.15 Å². The monoisotopic (exact) mass is 284 g/mol. The lowest BCUT2D eigenvalue weighted by atomic mass is 10.2. The van der Waals surface area contributed by atoms with Crippen molar-refractivity contribution in [3.63, 3.8) is 0 Å². The summed E-state index contributed by atoms with van der Waals surface area (Å²) in [6, 6.07) is 0. The summed E-state index contributed by atoms with van der Waals surface area (Å²) >= 11 is 6.10. The molecule has 6 nitrogen and oxygen atoms in total. The number of piperazine rings is 1. The number of nitrogens with zero attached hydrogens (tertiary/aromatic N) is 4. The van der Waals surface area contributed by atoms with Gasteiger partial charge in [-0.25, -0.2) is 0 Å². The summed E-state index contributed by atoms with van der Waals surface area (Å²) < 4.78 is 1.50. The quantitative estimate of drug-likeness (QED) is 0.762. The zero-order valence-electron chi connectivity index (χ0n) is 11.3. The molecule has 1 fully saturated rings. The van der Waals surface area contributed by atoms with Gasteiger partial charge in [-0.1, -0.05) is 11.6 Å². The second-order valence-electron chi connectivity index (χ2n) is 4.67. The third-order valence-electron chi connectivity index (χ3n) is 3.38. The second-order valence-corrected chi connectivity index (χ2v) is 5.03. The van der Waals surface area contributed by atoms with Crippen LogP contribution in [0.1, 0.15) is 23.0 Å². The first-order chi connectivity index (χ1) is 8.91. The van der Waals surface area contributed by atoms with Crippen LogP contribution in [-0.2, 0) is 11.8 Å². The van der Waals surface area contributed by atoms with Crippen LogP contribution in [-0.4, -0.2) is 57.6 Å². The van der Waals surface area contributed by atoms with Crippen molar-refractivity contribution in [3.8, 4) is 0 Å². The van der Waals surface area contributed by atoms with Crippen LogP contribution in [0.3, 0.4) is 0 Å². The van der Waals surface area contributed by atoms with E-state index in [4.69, 9.17) is 11.6 Å². The molecular formula is C12H17ClN4O2. The smallest absolute Gasteiger partial charge is 0.259 e. The average Bonchev–Trinajstić information content (AvgIpc) is 2.62. The zero-order chi connectivity index (χ0) is 14.2. The van der Waals surface area contributed by atoms with Crippen molar-refractivity contribution in [2.45, 2.75) is 13.8 Å². The van der Waals surface area contributed by atoms with Gasteiger partial charge in [0.2, 0.25) is 5.91 Å². The lowest BCUT2D eigenvalue weighted by molar-refractivity contribution is -0.130. The van der Waals surface area contributed by atoms with E-state index in [1.54, 1.807) is 30.7 Å². The SMILES string of the molecule is CC(=O)N1CCN(C(=O)c2c(C)nn(C)c2Cl)CC1. The van der Waals surface area contributed by atoms with E-state index in [1.165, 1.54) is 4.68 Å². The molecule has 0 aromatic carbocycles. The molecule has 0 saturated carbocycles. The van der Waals surface area contributed by atoms with E-state index >= 15 is 0 Å². The number of carbonyl (C=O) groups is 2. The molecule has 0 unspecified atom stereocenters. The molecule has 2 heterocycles. The number of amides is 2. The number of aromatic nitrogens is 2. The first-order valence-corrected chi connectivity index (χ1v) is 6.53. The zero-order valence-corrected chi connectivity index (χ0v) is 12.1. The molecule has 1 aliphatic heterocycles. The highest BCUT2D eigenvalue weighted by Gasteiger charge is 2.27. The summed E-state index contributed by atoms with van der Waals surface area (Å²) in [4.78, 5) is 27.1. The van der Waals surface area contributed by atoms with Gasteiger partial charge in [0.05, 0.1) is 11.3 Å². The maximum atomic E-state index is 12.4. The minimum absolute atomic E-state index is 0.0442. The Kier molecular flexibility index (Phi) is 3.80. The maximum absolute atomic E-state index is 12.4. The summed E-state index contributed by atoms with van der Waals surface area (Å²) in [6.45, 7) is 5.51. The summed E-state index contributed by atoms with van der Waals surface area (Å²) in [7, 11) is 1.71. The molecule has 2 amide bonds. The van der Waals surface area contributed by atoms with Crippen molar-refractivity contribution in [3.05, 3.63) is 16.4 Å². The molecule has 0 N–H and O–H groups in total. The molecule has 1 aromatic heterocycles. The molecular weight excluding hydrogens is 268 g/mol. The Balaban J connectivity index is 2.12. The van der Waals surface area contributed by atoms with E-state index in [0.717, 1.165) is 0 Å². The van der Waals surface area contributed by atoms with Crippen LogP contribution < -0.4 is 0 Å². The lowest BCUT2D eigenvalue weighted by Gasteiger charge is -2.34. The fourth-order valence-electron chi connectivity index (χ4n) is 2.26. The maximum Gasteiger partial charge on any atom is 0.259 e. The van der Waals surface area contributed by atoms with Crippen molar-refractivity contribution >= 4 is 23.4 Å². The molecule has 19 heavy (non-hydrogen) atoms. The van der Waals surface area contributed by atoms with E-state index in [-0.39, 0.29) is 11.8 Å². The van der Waals surface area contributed by atoms with Gasteiger partial charge in [-0.15, -0.1) is 0 Å². The Morgan fingerprint density at radius 3 is 2.11 bits per heavy atom. The highest BCUT2D eigenvalue weighted by Crippen LogP contribution is 2.21. The van der Waals surface area contributed by atoms with Crippen LogP contribution in [0.4, 0.5) is 0 Å². The Bertz CT molecular complexity index is 518. The Morgan fingerprint density at radius 2 is 1.68 bits per heavy atom. The fraction of sp³-hybridized carbons (Fsp3) is 0.583. The first kappa shape index (κ1) is 13.9. The third kappa shape index (κ3) is 2.58. The fourth-order valence-corrected chi connectivity index (χ4v) is 2.51. The van der Waals surface area contributed by atoms with Gasteiger partial charge in [-0.05, 0) is 6.92 Å². The molecule has 0 spiro atoms. The number of halogens is 1. The summed E-state index contributed by atoms with van der Waals surface area (Å²) in [6.07, 6.45) is 0. The van der Waals surface area contributed by atoms with Crippen LogP contribution in [0.25, 0.3) is 0 Å². The number of carbonyl (C=O) groups excluding carboxylic acids is 2. The van der Waals surface area contributed by atoms with Crippen molar-refractivity contribution in [2.75, 3.05) is 26.2 Å². The molecule has 1 aromatic rings. The summed E-state index contributed by atoms with van der Waals surface area (Å²) in [5.41, 5.74) is 1.09. The lowest BCUT2D eigenvalue weighted by Crippen LogP contribution is -2.50. The molecule has 0 bridgehead atoms. The normalized spacial score (nSPS) is 15.8. The van der Waals surface area contributed by atoms with Gasteiger partial charge in [0.15, 0.2) is 0 Å². The molecule has 0 atom stereocenters. The molecule has 0 aliphatic carbocycles. The second kappa shape index (κ2) is 5.21. The van der Waals surface area contributed by atoms with Crippen LogP contribution in [0.5, 0.6) is 0 Å². The Morgan fingerprint density at radius 1 is 1.16 bits per heavy atom. The largest absolute Gasteiger partial charge is 0.339 e. The predicted molar refractivity (Wildman–Crippen MR) is 71.1 cm³/mol. The third-order valence-corrected chi connectivity index (χ3v) is 3.81. The van der Waals surface area contributed by atoms with Gasteiger partial charge in [-0.2, -0.15) is 5.10 Å². The Hall–Kier alpha value is -1.56. The molecule has 1 aliphatic rings. The summed E-state index contributed by atoms with van der Waals surface area (Å²) in [5, 5.41) is 4.50. The van der Waals surface area contributed by atoms with Crippen molar-refractivity contribution in [1.29, 1.82) is 0 Å². The topological polar surface area (TPSA) is 58.4 Å². The van der Waals surface area contributed by atoms with Crippen LogP contribution in [0.15, 0.2) is 0 Å². The van der Waals surface area contributed by atoms with Gasteiger partial charge in [-0.3, -0.25) is 14.3 Å². The number of hydrogen-bond acceptors (Lipinski definition) is 3. The van der Waals surface area contributed by atoms with E-state index < -0.39 is 0 Å². The first-order valence-electron chi connectivity index (χ1n) is 6.15. The van der Waals surface area contributed by atoms with E-state index in [2.05, 4.69) is 5.10 Å². The standard InChI is InChI=1S/C12H17ClN4O2/c1-8-10(11(13)15(3)14-8)12(19)17-6-4-16(5-7-17)9(2)18/h4-7H2,1-3H3. The molecule has 104 valence electrons. The highest BCUT2D eigenvalue weighted by atomic mass is 35.5. The average molecular weight is 285 g/mol. The predicted octanol–water partition coefficient (Wildman–Crippen LogP) is 0.686. The van der Waals surface area contributed by atoms with Gasteiger partial charge >= 0.3 is 0 Å².